The molecule has 2 heterocycles. The summed E-state index contributed by atoms with van der Waals surface area (Å²) in [6.07, 6.45) is 2.15. The van der Waals surface area contributed by atoms with Crippen LogP contribution in [0, 0.1) is 5.92 Å². The second kappa shape index (κ2) is 7.04. The Morgan fingerprint density at radius 2 is 2.04 bits per heavy atom. The standard InChI is InChI=1S/C18H21ClN2OS/c1-12(20)14-3-2-10-21(11-14)18(22)17-9-8-16(23-17)13-4-6-15(19)7-5-13/h4-9,12,14H,2-3,10-11,20H2,1H3. The maximum atomic E-state index is 12.7. The van der Waals surface area contributed by atoms with Crippen molar-refractivity contribution in [3.8, 4) is 10.4 Å². The number of hydrogen-bond acceptors (Lipinski definition) is 3. The predicted molar refractivity (Wildman–Crippen MR) is 97.0 cm³/mol. The van der Waals surface area contributed by atoms with E-state index in [1.165, 1.54) is 11.3 Å². The van der Waals surface area contributed by atoms with Gasteiger partial charge in [0.25, 0.3) is 5.91 Å². The lowest BCUT2D eigenvalue weighted by Gasteiger charge is -2.34. The highest BCUT2D eigenvalue weighted by Gasteiger charge is 2.27. The first kappa shape index (κ1) is 16.5. The Hall–Kier alpha value is -1.36. The second-order valence-corrected chi connectivity index (χ2v) is 7.70. The molecule has 0 spiro atoms. The Bertz CT molecular complexity index is 681. The van der Waals surface area contributed by atoms with Gasteiger partial charge in [-0.15, -0.1) is 11.3 Å². The third-order valence-electron chi connectivity index (χ3n) is 4.43. The van der Waals surface area contributed by atoms with Crippen molar-refractivity contribution in [3.63, 3.8) is 0 Å². The van der Waals surface area contributed by atoms with Gasteiger partial charge in [-0.25, -0.2) is 0 Å². The Labute approximate surface area is 146 Å². The second-order valence-electron chi connectivity index (χ2n) is 6.18. The Morgan fingerprint density at radius 3 is 2.74 bits per heavy atom. The molecule has 3 nitrogen and oxygen atoms in total. The van der Waals surface area contributed by atoms with Gasteiger partial charge in [0, 0.05) is 29.0 Å². The summed E-state index contributed by atoms with van der Waals surface area (Å²) in [5.41, 5.74) is 7.10. The van der Waals surface area contributed by atoms with E-state index in [2.05, 4.69) is 0 Å². The fourth-order valence-corrected chi connectivity index (χ4v) is 4.11. The summed E-state index contributed by atoms with van der Waals surface area (Å²) in [5, 5.41) is 0.719. The molecule has 2 aromatic rings. The average molecular weight is 349 g/mol. The topological polar surface area (TPSA) is 46.3 Å². The lowest BCUT2D eigenvalue weighted by atomic mass is 9.92. The van der Waals surface area contributed by atoms with Gasteiger partial charge in [0.05, 0.1) is 4.88 Å². The van der Waals surface area contributed by atoms with E-state index in [-0.39, 0.29) is 11.9 Å². The summed E-state index contributed by atoms with van der Waals surface area (Å²) < 4.78 is 0. The first-order valence-electron chi connectivity index (χ1n) is 7.95. The van der Waals surface area contributed by atoms with Gasteiger partial charge in [-0.2, -0.15) is 0 Å². The number of halogens is 1. The number of carbonyl (C=O) groups excluding carboxylic acids is 1. The number of benzene rings is 1. The molecule has 1 amide bonds. The summed E-state index contributed by atoms with van der Waals surface area (Å²) in [6, 6.07) is 11.8. The molecule has 1 aromatic carbocycles. The molecule has 1 fully saturated rings. The third-order valence-corrected chi connectivity index (χ3v) is 5.81. The number of hydrogen-bond donors (Lipinski definition) is 1. The number of nitrogens with zero attached hydrogens (tertiary/aromatic N) is 1. The van der Waals surface area contributed by atoms with Crippen molar-refractivity contribution in [1.82, 2.24) is 4.90 Å². The molecule has 23 heavy (non-hydrogen) atoms. The molecule has 2 atom stereocenters. The molecule has 0 aliphatic carbocycles. The van der Waals surface area contributed by atoms with Crippen molar-refractivity contribution in [2.45, 2.75) is 25.8 Å². The van der Waals surface area contributed by atoms with Gasteiger partial charge in [0.1, 0.15) is 0 Å². The van der Waals surface area contributed by atoms with Crippen molar-refractivity contribution < 1.29 is 4.79 Å². The molecule has 0 saturated carbocycles. The summed E-state index contributed by atoms with van der Waals surface area (Å²) in [5.74, 6) is 0.531. The van der Waals surface area contributed by atoms with E-state index in [1.54, 1.807) is 0 Å². The van der Waals surface area contributed by atoms with Crippen LogP contribution in [0.15, 0.2) is 36.4 Å². The van der Waals surface area contributed by atoms with Crippen LogP contribution >= 0.6 is 22.9 Å². The van der Waals surface area contributed by atoms with Crippen LogP contribution in [0.2, 0.25) is 5.02 Å². The highest BCUT2D eigenvalue weighted by molar-refractivity contribution is 7.17. The number of rotatable bonds is 3. The highest BCUT2D eigenvalue weighted by atomic mass is 35.5. The molecule has 2 unspecified atom stereocenters. The van der Waals surface area contributed by atoms with E-state index in [9.17, 15) is 4.79 Å². The van der Waals surface area contributed by atoms with Crippen LogP contribution in [0.1, 0.15) is 29.4 Å². The van der Waals surface area contributed by atoms with E-state index >= 15 is 0 Å². The maximum Gasteiger partial charge on any atom is 0.263 e. The van der Waals surface area contributed by atoms with Crippen LogP contribution in [-0.2, 0) is 0 Å². The molecule has 0 bridgehead atoms. The Kier molecular flexibility index (Phi) is 5.05. The minimum Gasteiger partial charge on any atom is -0.338 e. The van der Waals surface area contributed by atoms with Crippen molar-refractivity contribution in [1.29, 1.82) is 0 Å². The summed E-state index contributed by atoms with van der Waals surface area (Å²) in [7, 11) is 0. The SMILES string of the molecule is CC(N)C1CCCN(C(=O)c2ccc(-c3ccc(Cl)cc3)s2)C1. The van der Waals surface area contributed by atoms with E-state index in [0.29, 0.717) is 5.92 Å². The highest BCUT2D eigenvalue weighted by Crippen LogP contribution is 2.30. The molecule has 1 saturated heterocycles. The van der Waals surface area contributed by atoms with Crippen molar-refractivity contribution in [2.24, 2.45) is 11.7 Å². The number of nitrogens with two attached hydrogens (primary N) is 1. The Morgan fingerprint density at radius 1 is 1.30 bits per heavy atom. The largest absolute Gasteiger partial charge is 0.338 e. The zero-order valence-electron chi connectivity index (χ0n) is 13.2. The normalized spacial score (nSPS) is 19.6. The summed E-state index contributed by atoms with van der Waals surface area (Å²) in [4.78, 5) is 16.6. The number of carbonyl (C=O) groups is 1. The van der Waals surface area contributed by atoms with Gasteiger partial charge in [-0.1, -0.05) is 23.7 Å². The quantitative estimate of drug-likeness (QED) is 0.900. The number of thiophene rings is 1. The third kappa shape index (κ3) is 3.77. The van der Waals surface area contributed by atoms with E-state index in [1.807, 2.05) is 48.2 Å². The molecule has 1 aliphatic rings. The monoisotopic (exact) mass is 348 g/mol. The fraction of sp³-hybridized carbons (Fsp3) is 0.389. The first-order valence-corrected chi connectivity index (χ1v) is 9.14. The van der Waals surface area contributed by atoms with Crippen molar-refractivity contribution in [2.75, 3.05) is 13.1 Å². The molecule has 122 valence electrons. The molecular weight excluding hydrogens is 328 g/mol. The van der Waals surface area contributed by atoms with Crippen LogP contribution in [0.3, 0.4) is 0 Å². The van der Waals surface area contributed by atoms with Crippen LogP contribution in [0.25, 0.3) is 10.4 Å². The first-order chi connectivity index (χ1) is 11.0. The predicted octanol–water partition coefficient (Wildman–Crippen LogP) is 4.27. The molecule has 1 aromatic heterocycles. The molecule has 1 aliphatic heterocycles. The molecule has 2 N–H and O–H groups in total. The zero-order valence-corrected chi connectivity index (χ0v) is 14.7. The minimum atomic E-state index is 0.126. The number of amides is 1. The van der Waals surface area contributed by atoms with E-state index in [0.717, 1.165) is 46.3 Å². The molecule has 5 heteroatoms. The van der Waals surface area contributed by atoms with Gasteiger partial charge in [-0.05, 0) is 55.5 Å². The van der Waals surface area contributed by atoms with Crippen LogP contribution in [-0.4, -0.2) is 29.9 Å². The van der Waals surface area contributed by atoms with Crippen molar-refractivity contribution >= 4 is 28.8 Å². The van der Waals surface area contributed by atoms with Crippen molar-refractivity contribution in [3.05, 3.63) is 46.3 Å². The van der Waals surface area contributed by atoms with Crippen LogP contribution < -0.4 is 5.73 Å². The number of piperidine rings is 1. The number of likely N-dealkylation sites (tertiary alicyclic amines) is 1. The minimum absolute atomic E-state index is 0.126. The van der Waals surface area contributed by atoms with E-state index < -0.39 is 0 Å². The molecule has 3 rings (SSSR count). The molecular formula is C18H21ClN2OS. The molecule has 0 radical (unpaired) electrons. The smallest absolute Gasteiger partial charge is 0.263 e. The van der Waals surface area contributed by atoms with Gasteiger partial charge in [-0.3, -0.25) is 4.79 Å². The maximum absolute atomic E-state index is 12.7. The average Bonchev–Trinajstić information content (AvgIpc) is 3.05. The van der Waals surface area contributed by atoms with E-state index in [4.69, 9.17) is 17.3 Å². The van der Waals surface area contributed by atoms with Crippen LogP contribution in [0.5, 0.6) is 0 Å². The zero-order chi connectivity index (χ0) is 16.4. The van der Waals surface area contributed by atoms with Gasteiger partial charge < -0.3 is 10.6 Å². The van der Waals surface area contributed by atoms with Gasteiger partial charge in [0.15, 0.2) is 0 Å². The summed E-state index contributed by atoms with van der Waals surface area (Å²) in [6.45, 7) is 3.63. The fourth-order valence-electron chi connectivity index (χ4n) is 3.00. The van der Waals surface area contributed by atoms with Gasteiger partial charge in [0.2, 0.25) is 0 Å². The lowest BCUT2D eigenvalue weighted by Crippen LogP contribution is -2.44. The van der Waals surface area contributed by atoms with Crippen LogP contribution in [0.4, 0.5) is 0 Å². The Balaban J connectivity index is 1.74. The summed E-state index contributed by atoms with van der Waals surface area (Å²) >= 11 is 7.47. The lowest BCUT2D eigenvalue weighted by molar-refractivity contribution is 0.0666. The van der Waals surface area contributed by atoms with Gasteiger partial charge >= 0.3 is 0 Å².